The second kappa shape index (κ2) is 7.38. The van der Waals surface area contributed by atoms with Gasteiger partial charge >= 0.3 is 0 Å². The van der Waals surface area contributed by atoms with Gasteiger partial charge in [-0.05, 0) is 68.7 Å². The average Bonchev–Trinajstić information content (AvgIpc) is 2.94. The Morgan fingerprint density at radius 1 is 1.07 bits per heavy atom. The summed E-state index contributed by atoms with van der Waals surface area (Å²) in [5, 5.41) is 14.0. The van der Waals surface area contributed by atoms with Gasteiger partial charge in [0.2, 0.25) is 0 Å². The van der Waals surface area contributed by atoms with Gasteiger partial charge in [0.1, 0.15) is 5.60 Å². The monoisotopic (exact) mass is 416 g/mol. The van der Waals surface area contributed by atoms with Crippen molar-refractivity contribution in [3.05, 3.63) is 69.3 Å². The highest BCUT2D eigenvalue weighted by atomic mass is 35.5. The van der Waals surface area contributed by atoms with Crippen LogP contribution in [0.3, 0.4) is 0 Å². The molecule has 3 aromatic rings. The summed E-state index contributed by atoms with van der Waals surface area (Å²) in [6.07, 6.45) is 1.00. The summed E-state index contributed by atoms with van der Waals surface area (Å²) in [4.78, 5) is 2.48. The van der Waals surface area contributed by atoms with Crippen molar-refractivity contribution >= 4 is 34.1 Å². The van der Waals surface area contributed by atoms with E-state index < -0.39 is 5.60 Å². The average molecular weight is 417 g/mol. The number of hydrogen-bond donors (Lipinski definition) is 1. The lowest BCUT2D eigenvalue weighted by atomic mass is 9.95. The van der Waals surface area contributed by atoms with E-state index in [-0.39, 0.29) is 0 Å². The molecule has 0 fully saturated rings. The minimum Gasteiger partial charge on any atom is -0.384 e. The van der Waals surface area contributed by atoms with Gasteiger partial charge in [0.25, 0.3) is 0 Å². The first kappa shape index (κ1) is 19.8. The van der Waals surface area contributed by atoms with Crippen molar-refractivity contribution < 1.29 is 5.11 Å². The Morgan fingerprint density at radius 2 is 1.75 bits per heavy atom. The van der Waals surface area contributed by atoms with E-state index in [1.807, 2.05) is 37.3 Å². The molecular weight excluding hydrogens is 391 g/mol. The third-order valence-corrected chi connectivity index (χ3v) is 6.40. The number of hydrogen-bond acceptors (Lipinski definition) is 2. The van der Waals surface area contributed by atoms with Crippen LogP contribution in [0.1, 0.15) is 37.6 Å². The third kappa shape index (κ3) is 3.57. The van der Waals surface area contributed by atoms with Crippen LogP contribution in [-0.4, -0.2) is 27.2 Å². The maximum Gasteiger partial charge on any atom is 0.105 e. The zero-order valence-corrected chi connectivity index (χ0v) is 18.1. The molecule has 0 aliphatic carbocycles. The van der Waals surface area contributed by atoms with Crippen molar-refractivity contribution in [2.75, 3.05) is 6.54 Å². The fraction of sp³-hybridized carbons (Fsp3) is 0.391. The topological polar surface area (TPSA) is 28.4 Å². The summed E-state index contributed by atoms with van der Waals surface area (Å²) in [6, 6.07) is 14.0. The van der Waals surface area contributed by atoms with Gasteiger partial charge < -0.3 is 9.67 Å². The molecule has 2 heterocycles. The minimum atomic E-state index is -1.01. The fourth-order valence-electron chi connectivity index (χ4n) is 4.27. The molecule has 148 valence electrons. The first-order valence-electron chi connectivity index (χ1n) is 9.78. The SMILES string of the molecule is CC(C)N1CCc2c(n(CC(C)(O)c3ccc(Cl)cc3)c3ccc(Cl)cc23)C1. The molecule has 0 saturated carbocycles. The molecule has 4 rings (SSSR count). The van der Waals surface area contributed by atoms with Crippen molar-refractivity contribution in [2.45, 2.75) is 51.9 Å². The van der Waals surface area contributed by atoms with Gasteiger partial charge in [-0.2, -0.15) is 0 Å². The van der Waals surface area contributed by atoms with Crippen LogP contribution in [0, 0.1) is 0 Å². The first-order chi connectivity index (χ1) is 13.3. The summed E-state index contributed by atoms with van der Waals surface area (Å²) in [7, 11) is 0. The van der Waals surface area contributed by atoms with E-state index in [1.165, 1.54) is 16.6 Å². The molecule has 0 radical (unpaired) electrons. The molecule has 0 saturated heterocycles. The van der Waals surface area contributed by atoms with Crippen molar-refractivity contribution in [3.63, 3.8) is 0 Å². The number of aliphatic hydroxyl groups is 1. The predicted octanol–water partition coefficient (Wildman–Crippen LogP) is 5.62. The van der Waals surface area contributed by atoms with Gasteiger partial charge in [-0.1, -0.05) is 35.3 Å². The number of aromatic nitrogens is 1. The highest BCUT2D eigenvalue weighted by molar-refractivity contribution is 6.31. The molecule has 0 amide bonds. The second-order valence-electron chi connectivity index (χ2n) is 8.27. The normalized spacial score (nSPS) is 17.1. The zero-order chi connectivity index (χ0) is 20.1. The van der Waals surface area contributed by atoms with E-state index >= 15 is 0 Å². The number of rotatable bonds is 4. The molecule has 1 aromatic heterocycles. The maximum absolute atomic E-state index is 11.3. The highest BCUT2D eigenvalue weighted by Crippen LogP contribution is 2.35. The Kier molecular flexibility index (Phi) is 5.22. The molecule has 0 spiro atoms. The molecule has 2 aromatic carbocycles. The van der Waals surface area contributed by atoms with E-state index in [2.05, 4.69) is 35.4 Å². The lowest BCUT2D eigenvalue weighted by molar-refractivity contribution is 0.0377. The molecule has 5 heteroatoms. The fourth-order valence-corrected chi connectivity index (χ4v) is 4.56. The van der Waals surface area contributed by atoms with Crippen molar-refractivity contribution in [1.29, 1.82) is 0 Å². The number of benzene rings is 2. The van der Waals surface area contributed by atoms with E-state index in [0.717, 1.165) is 35.6 Å². The van der Waals surface area contributed by atoms with Gasteiger partial charge in [-0.15, -0.1) is 0 Å². The summed E-state index contributed by atoms with van der Waals surface area (Å²) < 4.78 is 2.28. The number of nitrogens with zero attached hydrogens (tertiary/aromatic N) is 2. The van der Waals surface area contributed by atoms with Crippen molar-refractivity contribution in [1.82, 2.24) is 9.47 Å². The van der Waals surface area contributed by atoms with Gasteiger partial charge in [0.05, 0.1) is 6.54 Å². The molecule has 1 aliphatic heterocycles. The quantitative estimate of drug-likeness (QED) is 0.597. The van der Waals surface area contributed by atoms with Crippen molar-refractivity contribution in [3.8, 4) is 0 Å². The van der Waals surface area contributed by atoms with Crippen LogP contribution in [0.4, 0.5) is 0 Å². The van der Waals surface area contributed by atoms with E-state index in [4.69, 9.17) is 23.2 Å². The van der Waals surface area contributed by atoms with Crippen molar-refractivity contribution in [2.24, 2.45) is 0 Å². The molecule has 1 N–H and O–H groups in total. The Balaban J connectivity index is 1.82. The van der Waals surface area contributed by atoms with Crippen LogP contribution in [0.5, 0.6) is 0 Å². The van der Waals surface area contributed by atoms with Crippen LogP contribution in [0.25, 0.3) is 10.9 Å². The molecule has 1 atom stereocenters. The Labute approximate surface area is 176 Å². The summed E-state index contributed by atoms with van der Waals surface area (Å²) >= 11 is 12.3. The maximum atomic E-state index is 11.3. The van der Waals surface area contributed by atoms with Crippen LogP contribution in [0.15, 0.2) is 42.5 Å². The Bertz CT molecular complexity index is 1010. The third-order valence-electron chi connectivity index (χ3n) is 5.91. The first-order valence-corrected chi connectivity index (χ1v) is 10.5. The van der Waals surface area contributed by atoms with Gasteiger partial charge in [-0.3, -0.25) is 4.90 Å². The van der Waals surface area contributed by atoms with Gasteiger partial charge in [0, 0.05) is 45.8 Å². The standard InChI is InChI=1S/C23H26Cl2N2O/c1-15(2)26-11-10-19-20-12-18(25)8-9-21(20)27(22(19)13-26)14-23(3,28)16-4-6-17(24)7-5-16/h4-9,12,15,28H,10-11,13-14H2,1-3H3. The molecule has 0 bridgehead atoms. The van der Waals surface area contributed by atoms with Crippen LogP contribution < -0.4 is 0 Å². The van der Waals surface area contributed by atoms with E-state index in [0.29, 0.717) is 17.6 Å². The lowest BCUT2D eigenvalue weighted by Crippen LogP contribution is -2.37. The Hall–Kier alpha value is -1.52. The number of fused-ring (bicyclic) bond motifs is 3. The molecule has 28 heavy (non-hydrogen) atoms. The summed E-state index contributed by atoms with van der Waals surface area (Å²) in [5.74, 6) is 0. The van der Waals surface area contributed by atoms with Gasteiger partial charge in [-0.25, -0.2) is 0 Å². The highest BCUT2D eigenvalue weighted by Gasteiger charge is 2.30. The molecule has 1 aliphatic rings. The summed E-state index contributed by atoms with van der Waals surface area (Å²) in [6.45, 7) is 8.75. The predicted molar refractivity (Wildman–Crippen MR) is 117 cm³/mol. The largest absolute Gasteiger partial charge is 0.384 e. The van der Waals surface area contributed by atoms with Crippen LogP contribution >= 0.6 is 23.2 Å². The number of halogens is 2. The minimum absolute atomic E-state index is 0.480. The van der Waals surface area contributed by atoms with Gasteiger partial charge in [0.15, 0.2) is 0 Å². The zero-order valence-electron chi connectivity index (χ0n) is 16.5. The van der Waals surface area contributed by atoms with Crippen LogP contribution in [-0.2, 0) is 25.1 Å². The van der Waals surface area contributed by atoms with E-state index in [9.17, 15) is 5.11 Å². The van der Waals surface area contributed by atoms with E-state index in [1.54, 1.807) is 0 Å². The summed E-state index contributed by atoms with van der Waals surface area (Å²) in [5.41, 5.74) is 3.63. The lowest BCUT2D eigenvalue weighted by Gasteiger charge is -2.33. The second-order valence-corrected chi connectivity index (χ2v) is 9.14. The molecular formula is C23H26Cl2N2O. The molecule has 3 nitrogen and oxygen atoms in total. The Morgan fingerprint density at radius 3 is 2.43 bits per heavy atom. The molecule has 1 unspecified atom stereocenters. The van der Waals surface area contributed by atoms with Crippen LogP contribution in [0.2, 0.25) is 10.0 Å². The smallest absolute Gasteiger partial charge is 0.105 e.